The molecule has 1 aliphatic rings. The van der Waals surface area contributed by atoms with E-state index < -0.39 is 0 Å². The van der Waals surface area contributed by atoms with Crippen LogP contribution in [0, 0.1) is 0 Å². The minimum atomic E-state index is 0. The predicted octanol–water partition coefficient (Wildman–Crippen LogP) is 1.34. The van der Waals surface area contributed by atoms with Crippen LogP contribution in [-0.2, 0) is 29.0 Å². The monoisotopic (exact) mass is 466 g/mol. The largest absolute Gasteiger partial charge is 0.385 e. The van der Waals surface area contributed by atoms with Crippen molar-refractivity contribution in [2.24, 2.45) is 4.99 Å². The summed E-state index contributed by atoms with van der Waals surface area (Å²) in [6.07, 6.45) is 5.32. The zero-order chi connectivity index (χ0) is 17.2. The second-order valence-corrected chi connectivity index (χ2v) is 5.99. The van der Waals surface area contributed by atoms with Gasteiger partial charge in [0.15, 0.2) is 11.8 Å². The molecule has 2 heterocycles. The van der Waals surface area contributed by atoms with Crippen molar-refractivity contribution in [2.75, 3.05) is 34.4 Å². The first-order valence-corrected chi connectivity index (χ1v) is 8.64. The van der Waals surface area contributed by atoms with Gasteiger partial charge in [0, 0.05) is 46.9 Å². The van der Waals surface area contributed by atoms with Gasteiger partial charge in [-0.15, -0.1) is 24.0 Å². The number of nitrogens with zero attached hydrogens (tertiary/aromatic N) is 4. The minimum absolute atomic E-state index is 0. The number of ether oxygens (including phenoxy) is 2. The van der Waals surface area contributed by atoms with E-state index in [1.807, 2.05) is 4.68 Å². The Hall–Kier alpha value is -0.940. The highest BCUT2D eigenvalue weighted by Crippen LogP contribution is 2.13. The van der Waals surface area contributed by atoms with E-state index in [1.165, 1.54) is 0 Å². The van der Waals surface area contributed by atoms with Crippen LogP contribution in [0.4, 0.5) is 0 Å². The number of aryl methyl sites for hydroxylation is 1. The van der Waals surface area contributed by atoms with E-state index in [-0.39, 0.29) is 24.0 Å². The summed E-state index contributed by atoms with van der Waals surface area (Å²) >= 11 is 0. The average molecular weight is 466 g/mol. The van der Waals surface area contributed by atoms with Crippen LogP contribution in [0.5, 0.6) is 0 Å². The quantitative estimate of drug-likeness (QED) is 0.247. The summed E-state index contributed by atoms with van der Waals surface area (Å²) < 4.78 is 12.1. The number of hydrogen-bond donors (Lipinski definition) is 2. The zero-order valence-corrected chi connectivity index (χ0v) is 17.8. The topological polar surface area (TPSA) is 85.6 Å². The molecule has 9 heteroatoms. The molecule has 1 aromatic heterocycles. The highest BCUT2D eigenvalue weighted by atomic mass is 127. The number of unbranched alkanes of at least 4 members (excludes halogenated alkanes) is 2. The lowest BCUT2D eigenvalue weighted by Crippen LogP contribution is -2.47. The van der Waals surface area contributed by atoms with E-state index in [0.29, 0.717) is 12.6 Å². The molecular formula is C16H31IN6O2. The number of aromatic nitrogens is 3. The summed E-state index contributed by atoms with van der Waals surface area (Å²) in [5.74, 6) is 2.65. The van der Waals surface area contributed by atoms with Crippen molar-refractivity contribution in [1.82, 2.24) is 25.4 Å². The molecule has 1 unspecified atom stereocenters. The summed E-state index contributed by atoms with van der Waals surface area (Å²) in [4.78, 5) is 8.81. The molecule has 25 heavy (non-hydrogen) atoms. The van der Waals surface area contributed by atoms with E-state index in [4.69, 9.17) is 9.47 Å². The lowest BCUT2D eigenvalue weighted by atomic mass is 10.1. The molecule has 2 N–H and O–H groups in total. The minimum Gasteiger partial charge on any atom is -0.385 e. The average Bonchev–Trinajstić information content (AvgIpc) is 2.98. The first-order chi connectivity index (χ1) is 11.8. The Morgan fingerprint density at radius 1 is 1.28 bits per heavy atom. The Morgan fingerprint density at radius 2 is 2.12 bits per heavy atom. The predicted molar refractivity (Wildman–Crippen MR) is 108 cm³/mol. The Kier molecular flexibility index (Phi) is 11.0. The van der Waals surface area contributed by atoms with Crippen LogP contribution >= 0.6 is 24.0 Å². The molecule has 8 nitrogen and oxygen atoms in total. The fraction of sp³-hybridized carbons (Fsp3) is 0.812. The van der Waals surface area contributed by atoms with Crippen molar-refractivity contribution >= 4 is 29.9 Å². The van der Waals surface area contributed by atoms with Gasteiger partial charge in [0.05, 0.1) is 6.54 Å². The number of rotatable bonds is 9. The van der Waals surface area contributed by atoms with Gasteiger partial charge in [-0.05, 0) is 25.7 Å². The van der Waals surface area contributed by atoms with E-state index in [0.717, 1.165) is 69.4 Å². The number of nitrogens with one attached hydrogen (secondary N) is 2. The third-order valence-electron chi connectivity index (χ3n) is 4.06. The highest BCUT2D eigenvalue weighted by Gasteiger charge is 2.22. The molecule has 0 aromatic carbocycles. The molecule has 0 aliphatic carbocycles. The molecule has 0 spiro atoms. The number of methoxy groups -OCH3 is 2. The molecule has 1 aliphatic heterocycles. The van der Waals surface area contributed by atoms with Crippen LogP contribution in [0.3, 0.4) is 0 Å². The fourth-order valence-corrected chi connectivity index (χ4v) is 2.81. The van der Waals surface area contributed by atoms with Gasteiger partial charge in [-0.2, -0.15) is 5.10 Å². The maximum absolute atomic E-state index is 5.10. The molecule has 144 valence electrons. The van der Waals surface area contributed by atoms with Gasteiger partial charge in [0.1, 0.15) is 12.4 Å². The van der Waals surface area contributed by atoms with Crippen molar-refractivity contribution in [1.29, 1.82) is 0 Å². The second-order valence-electron chi connectivity index (χ2n) is 5.99. The third-order valence-corrected chi connectivity index (χ3v) is 4.06. The Bertz CT molecular complexity index is 523. The molecule has 0 amide bonds. The van der Waals surface area contributed by atoms with Crippen LogP contribution in [0.15, 0.2) is 4.99 Å². The number of fused-ring (bicyclic) bond motifs is 1. The maximum Gasteiger partial charge on any atom is 0.191 e. The summed E-state index contributed by atoms with van der Waals surface area (Å²) in [7, 11) is 5.21. The van der Waals surface area contributed by atoms with Crippen LogP contribution < -0.4 is 10.6 Å². The zero-order valence-electron chi connectivity index (χ0n) is 15.5. The highest BCUT2D eigenvalue weighted by molar-refractivity contribution is 14.0. The molecule has 0 bridgehead atoms. The fourth-order valence-electron chi connectivity index (χ4n) is 2.81. The summed E-state index contributed by atoms with van der Waals surface area (Å²) in [6, 6.07) is 0.314. The molecule has 0 saturated carbocycles. The molecule has 0 fully saturated rings. The van der Waals surface area contributed by atoms with Crippen molar-refractivity contribution in [3.8, 4) is 0 Å². The number of hydrogen-bond acceptors (Lipinski definition) is 5. The third kappa shape index (κ3) is 7.45. The Balaban J connectivity index is 0.00000312. The van der Waals surface area contributed by atoms with Crippen LogP contribution in [0.25, 0.3) is 0 Å². The van der Waals surface area contributed by atoms with Gasteiger partial charge in [-0.3, -0.25) is 4.99 Å². The summed E-state index contributed by atoms with van der Waals surface area (Å²) in [5, 5.41) is 11.4. The maximum atomic E-state index is 5.10. The molecule has 2 rings (SSSR count). The van der Waals surface area contributed by atoms with Crippen molar-refractivity contribution in [3.63, 3.8) is 0 Å². The summed E-state index contributed by atoms with van der Waals surface area (Å²) in [5.41, 5.74) is 0. The summed E-state index contributed by atoms with van der Waals surface area (Å²) in [6.45, 7) is 3.02. The van der Waals surface area contributed by atoms with E-state index in [9.17, 15) is 0 Å². The van der Waals surface area contributed by atoms with Gasteiger partial charge < -0.3 is 20.1 Å². The molecule has 0 radical (unpaired) electrons. The van der Waals surface area contributed by atoms with Crippen molar-refractivity contribution in [2.45, 2.75) is 51.3 Å². The van der Waals surface area contributed by atoms with Crippen molar-refractivity contribution in [3.05, 3.63) is 11.6 Å². The Labute approximate surface area is 167 Å². The normalized spacial score (nSPS) is 16.9. The second kappa shape index (κ2) is 12.4. The van der Waals surface area contributed by atoms with E-state index in [1.54, 1.807) is 21.3 Å². The van der Waals surface area contributed by atoms with Crippen LogP contribution in [0.1, 0.15) is 37.3 Å². The van der Waals surface area contributed by atoms with Crippen molar-refractivity contribution < 1.29 is 9.47 Å². The smallest absolute Gasteiger partial charge is 0.191 e. The number of guanidine groups is 1. The Morgan fingerprint density at radius 3 is 2.84 bits per heavy atom. The van der Waals surface area contributed by atoms with Gasteiger partial charge in [-0.1, -0.05) is 0 Å². The standard InChI is InChI=1S/C16H30N6O2.HI/c1-17-16(18-9-5-4-6-10-23-2)19-13-7-8-15-20-14(12-24-3)21-22(15)11-13;/h13H,4-12H2,1-3H3,(H2,17,18,19);1H. The van der Waals surface area contributed by atoms with E-state index in [2.05, 4.69) is 25.7 Å². The van der Waals surface area contributed by atoms with Gasteiger partial charge in [0.25, 0.3) is 0 Å². The van der Waals surface area contributed by atoms with Gasteiger partial charge in [-0.25, -0.2) is 9.67 Å². The number of aliphatic imine (C=N–C) groups is 1. The van der Waals surface area contributed by atoms with Crippen LogP contribution in [0.2, 0.25) is 0 Å². The van der Waals surface area contributed by atoms with Crippen LogP contribution in [-0.4, -0.2) is 61.2 Å². The van der Waals surface area contributed by atoms with Gasteiger partial charge in [0.2, 0.25) is 0 Å². The SMILES string of the molecule is CN=C(NCCCCCOC)NC1CCc2nc(COC)nn2C1.I. The van der Waals surface area contributed by atoms with Gasteiger partial charge >= 0.3 is 0 Å². The molecule has 1 atom stereocenters. The lowest BCUT2D eigenvalue weighted by Gasteiger charge is -2.25. The molecule has 0 saturated heterocycles. The van der Waals surface area contributed by atoms with E-state index >= 15 is 0 Å². The molecular weight excluding hydrogens is 435 g/mol. The first-order valence-electron chi connectivity index (χ1n) is 8.64. The first kappa shape index (κ1) is 22.1. The molecule has 1 aromatic rings. The lowest BCUT2D eigenvalue weighted by molar-refractivity contribution is 0.177. The number of halogens is 1.